The Morgan fingerprint density at radius 1 is 1.25 bits per heavy atom. The molecule has 0 amide bonds. The van der Waals surface area contributed by atoms with E-state index in [1.54, 1.807) is 31.2 Å². The predicted octanol–water partition coefficient (Wildman–Crippen LogP) is 3.69. The molecule has 0 saturated heterocycles. The summed E-state index contributed by atoms with van der Waals surface area (Å²) in [5.74, 6) is 0.0898. The molecule has 0 bridgehead atoms. The lowest BCUT2D eigenvalue weighted by molar-refractivity contribution is 0.130. The van der Waals surface area contributed by atoms with E-state index < -0.39 is 0 Å². The van der Waals surface area contributed by atoms with Crippen molar-refractivity contribution in [2.45, 2.75) is 20.5 Å². The summed E-state index contributed by atoms with van der Waals surface area (Å²) in [7, 11) is 0. The number of hydrogen-bond acceptors (Lipinski definition) is 4. The number of nitrogens with zero attached hydrogens (tertiary/aromatic N) is 2. The highest BCUT2D eigenvalue weighted by atomic mass is 35.5. The normalized spacial score (nSPS) is 11.4. The zero-order valence-corrected chi connectivity index (χ0v) is 12.1. The van der Waals surface area contributed by atoms with Gasteiger partial charge in [-0.1, -0.05) is 28.9 Å². The largest absolute Gasteiger partial charge is 0.506 e. The minimum absolute atomic E-state index is 0.0898. The van der Waals surface area contributed by atoms with Crippen LogP contribution in [0.15, 0.2) is 41.6 Å². The molecule has 0 aliphatic heterocycles. The Hall–Kier alpha value is -2.07. The maximum atomic E-state index is 9.74. The number of rotatable bonds is 4. The molecule has 2 rings (SSSR count). The lowest BCUT2D eigenvalue weighted by atomic mass is 10.2. The second kappa shape index (κ2) is 6.39. The standard InChI is InChI=1S/C15H15ClN2O2/c1-10-3-8-14(19)15(17-10)11(2)18-20-9-12-4-6-13(16)7-5-12/h3-8,19H,9H2,1-2H3. The number of aryl methyl sites for hydroxylation is 1. The van der Waals surface area contributed by atoms with Gasteiger partial charge >= 0.3 is 0 Å². The number of aromatic hydroxyl groups is 1. The molecule has 0 fully saturated rings. The van der Waals surface area contributed by atoms with E-state index in [0.717, 1.165) is 11.3 Å². The molecular formula is C15H15ClN2O2. The van der Waals surface area contributed by atoms with Gasteiger partial charge in [-0.3, -0.25) is 0 Å². The van der Waals surface area contributed by atoms with E-state index in [9.17, 15) is 5.11 Å². The van der Waals surface area contributed by atoms with Crippen molar-refractivity contribution in [3.05, 3.63) is 58.4 Å². The summed E-state index contributed by atoms with van der Waals surface area (Å²) in [6.45, 7) is 3.93. The fraction of sp³-hybridized carbons (Fsp3) is 0.200. The lowest BCUT2D eigenvalue weighted by Gasteiger charge is -2.05. The van der Waals surface area contributed by atoms with Crippen molar-refractivity contribution < 1.29 is 9.94 Å². The summed E-state index contributed by atoms with van der Waals surface area (Å²) in [5.41, 5.74) is 2.73. The van der Waals surface area contributed by atoms with Gasteiger partial charge in [-0.2, -0.15) is 0 Å². The minimum atomic E-state index is 0.0898. The number of oxime groups is 1. The maximum absolute atomic E-state index is 9.74. The summed E-state index contributed by atoms with van der Waals surface area (Å²) in [5, 5.41) is 14.4. The van der Waals surface area contributed by atoms with Crippen LogP contribution in [-0.2, 0) is 11.4 Å². The fourth-order valence-electron chi connectivity index (χ4n) is 1.64. The zero-order valence-electron chi connectivity index (χ0n) is 11.3. The van der Waals surface area contributed by atoms with Crippen molar-refractivity contribution in [3.63, 3.8) is 0 Å². The third-order valence-corrected chi connectivity index (χ3v) is 2.95. The lowest BCUT2D eigenvalue weighted by Crippen LogP contribution is -2.01. The van der Waals surface area contributed by atoms with Crippen molar-refractivity contribution in [3.8, 4) is 5.75 Å². The highest BCUT2D eigenvalue weighted by Crippen LogP contribution is 2.16. The highest BCUT2D eigenvalue weighted by molar-refractivity contribution is 6.30. The average Bonchev–Trinajstić information content (AvgIpc) is 2.43. The Balaban J connectivity index is 2.03. The first-order chi connectivity index (χ1) is 9.56. The van der Waals surface area contributed by atoms with Crippen LogP contribution in [0.1, 0.15) is 23.9 Å². The van der Waals surface area contributed by atoms with Crippen LogP contribution in [-0.4, -0.2) is 15.8 Å². The van der Waals surface area contributed by atoms with Crippen LogP contribution >= 0.6 is 11.6 Å². The molecule has 104 valence electrons. The fourth-order valence-corrected chi connectivity index (χ4v) is 1.77. The average molecular weight is 291 g/mol. The van der Waals surface area contributed by atoms with E-state index in [-0.39, 0.29) is 5.75 Å². The Bertz CT molecular complexity index is 624. The first-order valence-corrected chi connectivity index (χ1v) is 6.52. The zero-order chi connectivity index (χ0) is 14.5. The number of aromatic nitrogens is 1. The SMILES string of the molecule is CC(=NOCc1ccc(Cl)cc1)c1nc(C)ccc1O. The molecule has 1 heterocycles. The summed E-state index contributed by atoms with van der Waals surface area (Å²) in [6.07, 6.45) is 0. The van der Waals surface area contributed by atoms with Gasteiger partial charge in [-0.05, 0) is 43.7 Å². The van der Waals surface area contributed by atoms with Crippen LogP contribution in [0.2, 0.25) is 5.02 Å². The van der Waals surface area contributed by atoms with Crippen LogP contribution in [0.3, 0.4) is 0 Å². The van der Waals surface area contributed by atoms with E-state index in [1.807, 2.05) is 19.1 Å². The Labute approximate surface area is 122 Å². The molecule has 1 aromatic heterocycles. The molecule has 20 heavy (non-hydrogen) atoms. The Morgan fingerprint density at radius 2 is 1.95 bits per heavy atom. The van der Waals surface area contributed by atoms with Gasteiger partial charge in [0, 0.05) is 10.7 Å². The monoisotopic (exact) mass is 290 g/mol. The van der Waals surface area contributed by atoms with E-state index >= 15 is 0 Å². The molecule has 4 nitrogen and oxygen atoms in total. The van der Waals surface area contributed by atoms with Gasteiger partial charge in [-0.25, -0.2) is 4.98 Å². The number of benzene rings is 1. The van der Waals surface area contributed by atoms with Crippen LogP contribution in [0.25, 0.3) is 0 Å². The van der Waals surface area contributed by atoms with Crippen molar-refractivity contribution in [1.82, 2.24) is 4.98 Å². The van der Waals surface area contributed by atoms with Crippen LogP contribution in [0.4, 0.5) is 0 Å². The van der Waals surface area contributed by atoms with Gasteiger partial charge in [0.05, 0.1) is 0 Å². The Morgan fingerprint density at radius 3 is 2.65 bits per heavy atom. The molecule has 0 aliphatic carbocycles. The summed E-state index contributed by atoms with van der Waals surface area (Å²) in [4.78, 5) is 9.50. The van der Waals surface area contributed by atoms with E-state index in [2.05, 4.69) is 10.1 Å². The van der Waals surface area contributed by atoms with Crippen LogP contribution < -0.4 is 0 Å². The van der Waals surface area contributed by atoms with E-state index in [4.69, 9.17) is 16.4 Å². The Kier molecular flexibility index (Phi) is 4.58. The van der Waals surface area contributed by atoms with Crippen molar-refractivity contribution in [2.24, 2.45) is 5.16 Å². The molecule has 0 spiro atoms. The molecule has 1 N–H and O–H groups in total. The van der Waals surface area contributed by atoms with Gasteiger partial charge in [0.25, 0.3) is 0 Å². The predicted molar refractivity (Wildman–Crippen MR) is 79.1 cm³/mol. The first-order valence-electron chi connectivity index (χ1n) is 6.14. The molecule has 0 aliphatic rings. The molecule has 0 atom stereocenters. The summed E-state index contributed by atoms with van der Waals surface area (Å²) >= 11 is 5.80. The second-order valence-electron chi connectivity index (χ2n) is 4.40. The summed E-state index contributed by atoms with van der Waals surface area (Å²) in [6, 6.07) is 10.7. The van der Waals surface area contributed by atoms with Crippen molar-refractivity contribution in [1.29, 1.82) is 0 Å². The third kappa shape index (κ3) is 3.71. The van der Waals surface area contributed by atoms with Crippen LogP contribution in [0.5, 0.6) is 5.75 Å². The van der Waals surface area contributed by atoms with Crippen LogP contribution in [0, 0.1) is 6.92 Å². The van der Waals surface area contributed by atoms with Gasteiger partial charge in [-0.15, -0.1) is 0 Å². The van der Waals surface area contributed by atoms with Gasteiger partial charge in [0.1, 0.15) is 23.8 Å². The third-order valence-electron chi connectivity index (χ3n) is 2.70. The molecule has 2 aromatic rings. The summed E-state index contributed by atoms with van der Waals surface area (Å²) < 4.78 is 0. The molecule has 5 heteroatoms. The van der Waals surface area contributed by atoms with E-state index in [0.29, 0.717) is 23.0 Å². The topological polar surface area (TPSA) is 54.7 Å². The number of pyridine rings is 1. The highest BCUT2D eigenvalue weighted by Gasteiger charge is 2.07. The smallest absolute Gasteiger partial charge is 0.143 e. The quantitative estimate of drug-likeness (QED) is 0.690. The molecule has 0 radical (unpaired) electrons. The minimum Gasteiger partial charge on any atom is -0.506 e. The second-order valence-corrected chi connectivity index (χ2v) is 4.83. The van der Waals surface area contributed by atoms with Gasteiger partial charge in [0.2, 0.25) is 0 Å². The molecular weight excluding hydrogens is 276 g/mol. The van der Waals surface area contributed by atoms with E-state index in [1.165, 1.54) is 0 Å². The number of hydrogen-bond donors (Lipinski definition) is 1. The van der Waals surface area contributed by atoms with Gasteiger partial charge in [0.15, 0.2) is 0 Å². The van der Waals surface area contributed by atoms with Gasteiger partial charge < -0.3 is 9.94 Å². The first kappa shape index (κ1) is 14.3. The van der Waals surface area contributed by atoms with Crippen molar-refractivity contribution >= 4 is 17.3 Å². The van der Waals surface area contributed by atoms with Crippen molar-refractivity contribution in [2.75, 3.05) is 0 Å². The molecule has 0 unspecified atom stereocenters. The molecule has 1 aromatic carbocycles. The number of halogens is 1. The maximum Gasteiger partial charge on any atom is 0.143 e. The molecule has 0 saturated carbocycles.